The molecule has 1 aliphatic carbocycles. The predicted molar refractivity (Wildman–Crippen MR) is 44.2 cm³/mol. The van der Waals surface area contributed by atoms with Crippen molar-refractivity contribution >= 4 is 0 Å². The van der Waals surface area contributed by atoms with Gasteiger partial charge in [-0.15, -0.1) is 0 Å². The molecule has 0 bridgehead atoms. The van der Waals surface area contributed by atoms with Crippen molar-refractivity contribution in [1.29, 1.82) is 0 Å². The zero-order chi connectivity index (χ0) is 9.59. The van der Waals surface area contributed by atoms with Gasteiger partial charge in [-0.2, -0.15) is 0 Å². The van der Waals surface area contributed by atoms with Gasteiger partial charge in [0, 0.05) is 6.07 Å². The van der Waals surface area contributed by atoms with E-state index in [9.17, 15) is 13.9 Å². The molecule has 13 heavy (non-hydrogen) atoms. The molecule has 0 aliphatic heterocycles. The summed E-state index contributed by atoms with van der Waals surface area (Å²) in [6, 6.07) is 2.08. The lowest BCUT2D eigenvalue weighted by Crippen LogP contribution is -2.01. The van der Waals surface area contributed by atoms with Gasteiger partial charge >= 0.3 is 0 Å². The highest BCUT2D eigenvalue weighted by molar-refractivity contribution is 5.36. The van der Waals surface area contributed by atoms with Gasteiger partial charge in [-0.25, -0.2) is 8.78 Å². The molecule has 70 valence electrons. The average Bonchev–Trinajstić information content (AvgIpc) is 2.32. The average molecular weight is 184 g/mol. The summed E-state index contributed by atoms with van der Waals surface area (Å²) in [5.41, 5.74) is 0.867. The molecule has 1 aliphatic rings. The zero-order valence-electron chi connectivity index (χ0n) is 7.22. The van der Waals surface area contributed by atoms with Crippen LogP contribution < -0.4 is 0 Å². The van der Waals surface area contributed by atoms with Gasteiger partial charge in [0.15, 0.2) is 0 Å². The van der Waals surface area contributed by atoms with Gasteiger partial charge in [-0.05, 0) is 29.5 Å². The minimum absolute atomic E-state index is 0.0219. The van der Waals surface area contributed by atoms with Gasteiger partial charge in [0.1, 0.15) is 11.6 Å². The maximum absolute atomic E-state index is 13.1. The molecule has 2 atom stereocenters. The lowest BCUT2D eigenvalue weighted by Gasteiger charge is -2.07. The molecule has 0 radical (unpaired) electrons. The topological polar surface area (TPSA) is 20.2 Å². The minimum atomic E-state index is -0.722. The van der Waals surface area contributed by atoms with Gasteiger partial charge in [-0.3, -0.25) is 0 Å². The smallest absolute Gasteiger partial charge is 0.129 e. The van der Waals surface area contributed by atoms with Crippen LogP contribution in [0.25, 0.3) is 0 Å². The molecule has 0 unspecified atom stereocenters. The van der Waals surface area contributed by atoms with Gasteiger partial charge in [0.2, 0.25) is 0 Å². The predicted octanol–water partition coefficient (Wildman–Crippen LogP) is 2.19. The Balaban J connectivity index is 2.57. The Morgan fingerprint density at radius 3 is 2.77 bits per heavy atom. The van der Waals surface area contributed by atoms with E-state index in [-0.39, 0.29) is 5.92 Å². The van der Waals surface area contributed by atoms with Crippen molar-refractivity contribution in [3.8, 4) is 0 Å². The second-order valence-electron chi connectivity index (χ2n) is 3.58. The van der Waals surface area contributed by atoms with Crippen LogP contribution >= 0.6 is 0 Å². The number of aliphatic hydroxyl groups excluding tert-OH is 1. The minimum Gasteiger partial charge on any atom is -0.388 e. The van der Waals surface area contributed by atoms with Crippen molar-refractivity contribution < 1.29 is 13.9 Å². The van der Waals surface area contributed by atoms with Crippen LogP contribution in [0.3, 0.4) is 0 Å². The van der Waals surface area contributed by atoms with E-state index in [1.54, 1.807) is 0 Å². The normalized spacial score (nSPS) is 26.2. The summed E-state index contributed by atoms with van der Waals surface area (Å²) < 4.78 is 25.9. The van der Waals surface area contributed by atoms with E-state index < -0.39 is 17.7 Å². The SMILES string of the molecule is C[C@H]1Cc2c(F)cc(F)cc2[C@@H]1O. The summed E-state index contributed by atoms with van der Waals surface area (Å²) >= 11 is 0. The number of hydrogen-bond donors (Lipinski definition) is 1. The Hall–Kier alpha value is -0.960. The first-order valence-corrected chi connectivity index (χ1v) is 4.25. The quantitative estimate of drug-likeness (QED) is 0.655. The van der Waals surface area contributed by atoms with Crippen LogP contribution in [0.5, 0.6) is 0 Å². The van der Waals surface area contributed by atoms with Crippen LogP contribution in [-0.2, 0) is 6.42 Å². The molecular formula is C10H10F2O. The third-order valence-corrected chi connectivity index (χ3v) is 2.58. The van der Waals surface area contributed by atoms with Gasteiger partial charge < -0.3 is 5.11 Å². The fourth-order valence-electron chi connectivity index (χ4n) is 1.84. The molecule has 0 saturated carbocycles. The number of fused-ring (bicyclic) bond motifs is 1. The van der Waals surface area contributed by atoms with Crippen molar-refractivity contribution in [1.82, 2.24) is 0 Å². The molecule has 0 saturated heterocycles. The molecule has 2 rings (SSSR count). The molecule has 0 heterocycles. The third-order valence-electron chi connectivity index (χ3n) is 2.58. The number of halogens is 2. The largest absolute Gasteiger partial charge is 0.388 e. The van der Waals surface area contributed by atoms with Crippen molar-refractivity contribution in [2.75, 3.05) is 0 Å². The molecule has 1 aromatic rings. The van der Waals surface area contributed by atoms with E-state index in [4.69, 9.17) is 0 Å². The molecule has 0 spiro atoms. The second-order valence-corrected chi connectivity index (χ2v) is 3.58. The Bertz CT molecular complexity index is 349. The summed E-state index contributed by atoms with van der Waals surface area (Å²) in [5, 5.41) is 9.57. The first-order chi connectivity index (χ1) is 6.09. The molecule has 1 N–H and O–H groups in total. The standard InChI is InChI=1S/C10H10F2O/c1-5-2-7-8(10(5)13)3-6(11)4-9(7)12/h3-5,10,13H,2H2,1H3/t5-,10+/m0/s1. The van der Waals surface area contributed by atoms with E-state index >= 15 is 0 Å². The summed E-state index contributed by atoms with van der Waals surface area (Å²) in [7, 11) is 0. The van der Waals surface area contributed by atoms with E-state index in [1.807, 2.05) is 6.92 Å². The zero-order valence-corrected chi connectivity index (χ0v) is 7.22. The van der Waals surface area contributed by atoms with Crippen molar-refractivity contribution in [3.05, 3.63) is 34.9 Å². The summed E-state index contributed by atoms with van der Waals surface area (Å²) in [4.78, 5) is 0. The van der Waals surface area contributed by atoms with Crippen LogP contribution in [0.2, 0.25) is 0 Å². The highest BCUT2D eigenvalue weighted by Gasteiger charge is 2.30. The molecule has 1 nitrogen and oxygen atoms in total. The van der Waals surface area contributed by atoms with Crippen LogP contribution in [0.4, 0.5) is 8.78 Å². The lowest BCUT2D eigenvalue weighted by molar-refractivity contribution is 0.132. The number of rotatable bonds is 0. The van der Waals surface area contributed by atoms with Crippen LogP contribution in [0, 0.1) is 17.6 Å². The van der Waals surface area contributed by atoms with Crippen LogP contribution in [0.1, 0.15) is 24.2 Å². The fourth-order valence-corrected chi connectivity index (χ4v) is 1.84. The number of benzene rings is 1. The van der Waals surface area contributed by atoms with Crippen LogP contribution in [0.15, 0.2) is 12.1 Å². The second kappa shape index (κ2) is 2.77. The number of aliphatic hydroxyl groups is 1. The van der Waals surface area contributed by atoms with Crippen molar-refractivity contribution in [3.63, 3.8) is 0 Å². The molecule has 0 fully saturated rings. The van der Waals surface area contributed by atoms with E-state index in [2.05, 4.69) is 0 Å². The Labute approximate surface area is 75.0 Å². The van der Waals surface area contributed by atoms with Crippen molar-refractivity contribution in [2.24, 2.45) is 5.92 Å². The third kappa shape index (κ3) is 1.23. The monoisotopic (exact) mass is 184 g/mol. The maximum atomic E-state index is 13.1. The molecule has 0 amide bonds. The Kier molecular flexibility index (Phi) is 1.84. The summed E-state index contributed by atoms with van der Waals surface area (Å²) in [6.45, 7) is 1.82. The van der Waals surface area contributed by atoms with Gasteiger partial charge in [-0.1, -0.05) is 6.92 Å². The summed E-state index contributed by atoms with van der Waals surface area (Å²) in [6.07, 6.45) is -0.233. The first-order valence-electron chi connectivity index (χ1n) is 4.25. The van der Waals surface area contributed by atoms with E-state index in [1.165, 1.54) is 6.07 Å². The van der Waals surface area contributed by atoms with Crippen molar-refractivity contribution in [2.45, 2.75) is 19.4 Å². The molecule has 3 heteroatoms. The highest BCUT2D eigenvalue weighted by atomic mass is 19.1. The molecular weight excluding hydrogens is 174 g/mol. The molecule has 0 aromatic heterocycles. The highest BCUT2D eigenvalue weighted by Crippen LogP contribution is 2.37. The van der Waals surface area contributed by atoms with E-state index in [0.29, 0.717) is 17.5 Å². The first kappa shape index (κ1) is 8.63. The lowest BCUT2D eigenvalue weighted by atomic mass is 10.1. The summed E-state index contributed by atoms with van der Waals surface area (Å²) in [5.74, 6) is -1.19. The molecule has 1 aromatic carbocycles. The van der Waals surface area contributed by atoms with Crippen LogP contribution in [-0.4, -0.2) is 5.11 Å². The van der Waals surface area contributed by atoms with Gasteiger partial charge in [0.05, 0.1) is 6.10 Å². The maximum Gasteiger partial charge on any atom is 0.129 e. The Morgan fingerprint density at radius 1 is 1.38 bits per heavy atom. The Morgan fingerprint density at radius 2 is 2.08 bits per heavy atom. The fraction of sp³-hybridized carbons (Fsp3) is 0.400. The number of hydrogen-bond acceptors (Lipinski definition) is 1. The van der Waals surface area contributed by atoms with Gasteiger partial charge in [0.25, 0.3) is 0 Å². The van der Waals surface area contributed by atoms with E-state index in [0.717, 1.165) is 6.07 Å².